The molecule has 2 aromatic carbocycles. The molecule has 0 heterocycles. The van der Waals surface area contributed by atoms with Crippen LogP contribution in [0, 0.1) is 0 Å². The third kappa shape index (κ3) is 5.04. The van der Waals surface area contributed by atoms with E-state index in [0.29, 0.717) is 5.56 Å². The molecule has 2 aromatic rings. The normalized spacial score (nSPS) is 11.4. The molecular formula is C28H26O7. The van der Waals surface area contributed by atoms with Gasteiger partial charge in [-0.15, -0.1) is 0 Å². The number of rotatable bonds is 9. The Morgan fingerprint density at radius 1 is 0.400 bits per heavy atom. The van der Waals surface area contributed by atoms with Crippen LogP contribution in [0.5, 0.6) is 0 Å². The quantitative estimate of drug-likeness (QED) is 0.291. The van der Waals surface area contributed by atoms with Gasteiger partial charge in [0.25, 0.3) is 0 Å². The van der Waals surface area contributed by atoms with Crippen molar-refractivity contribution in [3.8, 4) is 0 Å². The van der Waals surface area contributed by atoms with Gasteiger partial charge in [0.05, 0.1) is 0 Å². The van der Waals surface area contributed by atoms with Crippen LogP contribution in [0.3, 0.4) is 0 Å². The van der Waals surface area contributed by atoms with Crippen molar-refractivity contribution >= 4 is 51.6 Å². The van der Waals surface area contributed by atoms with Gasteiger partial charge in [0.15, 0.2) is 40.5 Å². The lowest BCUT2D eigenvalue weighted by Gasteiger charge is -2.24. The first kappa shape index (κ1) is 27.1. The number of ketones is 7. The Labute approximate surface area is 203 Å². The van der Waals surface area contributed by atoms with Gasteiger partial charge in [0.2, 0.25) is 0 Å². The molecule has 0 unspecified atom stereocenters. The summed E-state index contributed by atoms with van der Waals surface area (Å²) < 4.78 is 0. The molecular weight excluding hydrogens is 448 g/mol. The third-order valence-electron chi connectivity index (χ3n) is 5.53. The maximum Gasteiger partial charge on any atom is 0.161 e. The number of carbonyl (C=O) groups is 7. The van der Waals surface area contributed by atoms with Gasteiger partial charge in [-0.1, -0.05) is 30.3 Å². The Hall–Kier alpha value is -4.13. The SMILES string of the molecule is CC(=O)C(=C(C(C)=O)c1c(C(C)=O)c(C(C)=O)c(C(C)=O)c(C(C)=O)c1C(C)=O)c1ccccc1. The highest BCUT2D eigenvalue weighted by Crippen LogP contribution is 2.39. The Bertz CT molecular complexity index is 1300. The summed E-state index contributed by atoms with van der Waals surface area (Å²) in [6, 6.07) is 8.17. The molecule has 0 aliphatic rings. The fraction of sp³-hybridized carbons (Fsp3) is 0.250. The van der Waals surface area contributed by atoms with E-state index < -0.39 is 40.5 Å². The molecule has 0 spiro atoms. The van der Waals surface area contributed by atoms with Crippen molar-refractivity contribution in [2.75, 3.05) is 0 Å². The van der Waals surface area contributed by atoms with Crippen molar-refractivity contribution < 1.29 is 33.6 Å². The van der Waals surface area contributed by atoms with Gasteiger partial charge in [0, 0.05) is 44.5 Å². The summed E-state index contributed by atoms with van der Waals surface area (Å²) in [5.74, 6) is -4.71. The molecule has 35 heavy (non-hydrogen) atoms. The summed E-state index contributed by atoms with van der Waals surface area (Å²) in [5.41, 5.74) is -2.06. The number of benzene rings is 2. The second-order valence-electron chi connectivity index (χ2n) is 8.26. The number of carbonyl (C=O) groups excluding carboxylic acids is 7. The van der Waals surface area contributed by atoms with E-state index in [0.717, 1.165) is 41.5 Å². The van der Waals surface area contributed by atoms with Crippen LogP contribution >= 0.6 is 0 Å². The first-order chi connectivity index (χ1) is 16.2. The average molecular weight is 475 g/mol. The molecule has 2 rings (SSSR count). The van der Waals surface area contributed by atoms with Crippen molar-refractivity contribution in [3.63, 3.8) is 0 Å². The lowest BCUT2D eigenvalue weighted by Crippen LogP contribution is -2.24. The smallest absolute Gasteiger partial charge is 0.161 e. The molecule has 0 atom stereocenters. The molecule has 0 saturated carbocycles. The molecule has 0 amide bonds. The molecule has 0 fully saturated rings. The lowest BCUT2D eigenvalue weighted by atomic mass is 9.75. The zero-order chi connectivity index (χ0) is 26.8. The first-order valence-electron chi connectivity index (χ1n) is 10.8. The van der Waals surface area contributed by atoms with Crippen molar-refractivity contribution in [2.24, 2.45) is 0 Å². The molecule has 7 heteroatoms. The fourth-order valence-corrected chi connectivity index (χ4v) is 4.37. The summed E-state index contributed by atoms with van der Waals surface area (Å²) in [6.45, 7) is 8.00. The second kappa shape index (κ2) is 10.4. The van der Waals surface area contributed by atoms with Crippen LogP contribution in [-0.2, 0) is 9.59 Å². The largest absolute Gasteiger partial charge is 0.294 e. The molecule has 0 aliphatic heterocycles. The van der Waals surface area contributed by atoms with Crippen molar-refractivity contribution in [1.82, 2.24) is 0 Å². The van der Waals surface area contributed by atoms with E-state index in [1.54, 1.807) is 30.3 Å². The third-order valence-corrected chi connectivity index (χ3v) is 5.53. The Morgan fingerprint density at radius 3 is 0.943 bits per heavy atom. The zero-order valence-electron chi connectivity index (χ0n) is 20.7. The zero-order valence-corrected chi connectivity index (χ0v) is 20.7. The monoisotopic (exact) mass is 474 g/mol. The van der Waals surface area contributed by atoms with E-state index in [1.807, 2.05) is 0 Å². The van der Waals surface area contributed by atoms with E-state index in [4.69, 9.17) is 0 Å². The molecule has 0 radical (unpaired) electrons. The fourth-order valence-electron chi connectivity index (χ4n) is 4.37. The van der Waals surface area contributed by atoms with Crippen LogP contribution in [0.4, 0.5) is 0 Å². The molecule has 0 N–H and O–H groups in total. The summed E-state index contributed by atoms with van der Waals surface area (Å²) in [4.78, 5) is 90.3. The lowest BCUT2D eigenvalue weighted by molar-refractivity contribution is -0.113. The summed E-state index contributed by atoms with van der Waals surface area (Å²) in [6.07, 6.45) is 0. The topological polar surface area (TPSA) is 119 Å². The molecule has 0 saturated heterocycles. The average Bonchev–Trinajstić information content (AvgIpc) is 2.74. The molecule has 0 aromatic heterocycles. The van der Waals surface area contributed by atoms with Crippen molar-refractivity contribution in [1.29, 1.82) is 0 Å². The maximum atomic E-state index is 13.1. The standard InChI is InChI=1S/C28H26O7/c1-13(29)21(20-11-9-8-10-12-20)22(14(2)30)28-26(18(6)34)24(16(4)32)23(15(3)31)25(17(5)33)27(28)19(7)35/h8-12H,1-7H3. The summed E-state index contributed by atoms with van der Waals surface area (Å²) >= 11 is 0. The predicted octanol–water partition coefficient (Wildman–Crippen LogP) is 4.79. The molecule has 0 bridgehead atoms. The molecule has 7 nitrogen and oxygen atoms in total. The summed E-state index contributed by atoms with van der Waals surface area (Å²) in [7, 11) is 0. The van der Waals surface area contributed by atoms with E-state index in [2.05, 4.69) is 0 Å². The van der Waals surface area contributed by atoms with E-state index >= 15 is 0 Å². The minimum Gasteiger partial charge on any atom is -0.294 e. The maximum absolute atomic E-state index is 13.1. The number of Topliss-reactive ketones (excluding diaryl/α,β-unsaturated/α-hetero) is 7. The van der Waals surface area contributed by atoms with Gasteiger partial charge in [-0.2, -0.15) is 0 Å². The number of hydrogen-bond acceptors (Lipinski definition) is 7. The van der Waals surface area contributed by atoms with Crippen LogP contribution in [0.1, 0.15) is 111 Å². The van der Waals surface area contributed by atoms with Crippen molar-refractivity contribution in [3.05, 3.63) is 69.3 Å². The van der Waals surface area contributed by atoms with Gasteiger partial charge in [-0.05, 0) is 54.0 Å². The van der Waals surface area contributed by atoms with Gasteiger partial charge >= 0.3 is 0 Å². The highest BCUT2D eigenvalue weighted by Gasteiger charge is 2.36. The summed E-state index contributed by atoms with van der Waals surface area (Å²) in [5, 5.41) is 0. The van der Waals surface area contributed by atoms with E-state index in [9.17, 15) is 33.6 Å². The van der Waals surface area contributed by atoms with Crippen LogP contribution in [0.25, 0.3) is 11.1 Å². The Kier molecular flexibility index (Phi) is 8.08. The van der Waals surface area contributed by atoms with Crippen LogP contribution in [-0.4, -0.2) is 40.5 Å². The van der Waals surface area contributed by atoms with Gasteiger partial charge in [-0.25, -0.2) is 0 Å². The molecule has 0 aliphatic carbocycles. The van der Waals surface area contributed by atoms with E-state index in [-0.39, 0.29) is 44.5 Å². The highest BCUT2D eigenvalue weighted by molar-refractivity contribution is 6.42. The van der Waals surface area contributed by atoms with Crippen LogP contribution in [0.15, 0.2) is 30.3 Å². The van der Waals surface area contributed by atoms with E-state index in [1.165, 1.54) is 6.92 Å². The van der Waals surface area contributed by atoms with Gasteiger partial charge in [0.1, 0.15) is 0 Å². The van der Waals surface area contributed by atoms with Gasteiger partial charge < -0.3 is 0 Å². The van der Waals surface area contributed by atoms with Gasteiger partial charge in [-0.3, -0.25) is 33.6 Å². The minimum absolute atomic E-state index is 0.0809. The van der Waals surface area contributed by atoms with Crippen LogP contribution in [0.2, 0.25) is 0 Å². The highest BCUT2D eigenvalue weighted by atomic mass is 16.2. The van der Waals surface area contributed by atoms with Crippen LogP contribution < -0.4 is 0 Å². The minimum atomic E-state index is -0.708. The Balaban J connectivity index is 3.53. The number of hydrogen-bond donors (Lipinski definition) is 0. The molecule has 180 valence electrons. The first-order valence-corrected chi connectivity index (χ1v) is 10.8. The predicted molar refractivity (Wildman–Crippen MR) is 131 cm³/mol. The number of allylic oxidation sites excluding steroid dienone is 2. The Morgan fingerprint density at radius 2 is 0.686 bits per heavy atom. The van der Waals surface area contributed by atoms with Crippen molar-refractivity contribution in [2.45, 2.75) is 48.5 Å². The second-order valence-corrected chi connectivity index (χ2v) is 8.26.